The molecule has 2 unspecified atom stereocenters. The van der Waals surface area contributed by atoms with Gasteiger partial charge >= 0.3 is 0 Å². The summed E-state index contributed by atoms with van der Waals surface area (Å²) in [6, 6.07) is 10.9. The van der Waals surface area contributed by atoms with Crippen LogP contribution in [0.25, 0.3) is 0 Å². The van der Waals surface area contributed by atoms with Crippen LogP contribution in [0.15, 0.2) is 29.2 Å². The number of nitriles is 1. The number of hydrogen-bond acceptors (Lipinski definition) is 4. The fourth-order valence-electron chi connectivity index (χ4n) is 2.64. The van der Waals surface area contributed by atoms with Crippen molar-refractivity contribution in [3.8, 4) is 6.07 Å². The molecule has 0 saturated carbocycles. The van der Waals surface area contributed by atoms with Crippen molar-refractivity contribution in [1.82, 2.24) is 4.90 Å². The Morgan fingerprint density at radius 1 is 1.44 bits per heavy atom. The zero-order valence-electron chi connectivity index (χ0n) is 10.2. The van der Waals surface area contributed by atoms with Crippen LogP contribution in [0.1, 0.15) is 11.5 Å². The standard InChI is InChI=1S/C14H16N2OS/c15-7-12-9-16(5-6-17-12)8-11-10-18-14-4-2-1-3-13(11)14/h1-4,11-12H,5-6,8-10H2. The second-order valence-corrected chi connectivity index (χ2v) is 5.86. The minimum atomic E-state index is -0.247. The van der Waals surface area contributed by atoms with Gasteiger partial charge < -0.3 is 4.74 Å². The zero-order chi connectivity index (χ0) is 12.4. The number of fused-ring (bicyclic) bond motifs is 1. The summed E-state index contributed by atoms with van der Waals surface area (Å²) in [5, 5.41) is 8.92. The largest absolute Gasteiger partial charge is 0.361 e. The Morgan fingerprint density at radius 2 is 2.33 bits per heavy atom. The second-order valence-electron chi connectivity index (χ2n) is 4.79. The Kier molecular flexibility index (Phi) is 3.55. The maximum Gasteiger partial charge on any atom is 0.156 e. The number of rotatable bonds is 2. The monoisotopic (exact) mass is 260 g/mol. The molecule has 0 aromatic heterocycles. The minimum Gasteiger partial charge on any atom is -0.361 e. The fraction of sp³-hybridized carbons (Fsp3) is 0.500. The van der Waals surface area contributed by atoms with E-state index < -0.39 is 0 Å². The number of nitrogens with zero attached hydrogens (tertiary/aromatic N) is 2. The molecule has 2 aliphatic heterocycles. The van der Waals surface area contributed by atoms with Gasteiger partial charge in [0.25, 0.3) is 0 Å². The van der Waals surface area contributed by atoms with Gasteiger partial charge in [0.15, 0.2) is 6.10 Å². The first-order chi connectivity index (χ1) is 8.86. The highest BCUT2D eigenvalue weighted by molar-refractivity contribution is 7.99. The van der Waals surface area contributed by atoms with Crippen LogP contribution in [0.3, 0.4) is 0 Å². The van der Waals surface area contributed by atoms with Crippen LogP contribution in [0, 0.1) is 11.3 Å². The van der Waals surface area contributed by atoms with Crippen LogP contribution in [0.5, 0.6) is 0 Å². The molecule has 0 amide bonds. The van der Waals surface area contributed by atoms with Gasteiger partial charge in [0, 0.05) is 36.2 Å². The molecule has 1 aromatic carbocycles. The van der Waals surface area contributed by atoms with E-state index in [4.69, 9.17) is 10.00 Å². The van der Waals surface area contributed by atoms with Crippen LogP contribution in [0.2, 0.25) is 0 Å². The summed E-state index contributed by atoms with van der Waals surface area (Å²) >= 11 is 1.95. The summed E-state index contributed by atoms with van der Waals surface area (Å²) < 4.78 is 5.38. The fourth-order valence-corrected chi connectivity index (χ4v) is 3.88. The molecule has 0 N–H and O–H groups in total. The van der Waals surface area contributed by atoms with E-state index in [1.165, 1.54) is 10.5 Å². The molecule has 4 heteroatoms. The summed E-state index contributed by atoms with van der Waals surface area (Å²) in [6.07, 6.45) is -0.247. The Morgan fingerprint density at radius 3 is 3.22 bits per heavy atom. The van der Waals surface area contributed by atoms with Crippen LogP contribution in [-0.4, -0.2) is 43.0 Å². The van der Waals surface area contributed by atoms with E-state index in [0.717, 1.165) is 25.4 Å². The third-order valence-corrected chi connectivity index (χ3v) is 4.82. The Labute approximate surface area is 112 Å². The number of thioether (sulfide) groups is 1. The van der Waals surface area contributed by atoms with Gasteiger partial charge in [-0.25, -0.2) is 0 Å². The van der Waals surface area contributed by atoms with E-state index in [9.17, 15) is 0 Å². The molecule has 0 radical (unpaired) electrons. The van der Waals surface area contributed by atoms with Crippen molar-refractivity contribution in [2.45, 2.75) is 16.9 Å². The van der Waals surface area contributed by atoms with E-state index in [1.807, 2.05) is 11.8 Å². The number of hydrogen-bond donors (Lipinski definition) is 0. The van der Waals surface area contributed by atoms with Gasteiger partial charge in [-0.15, -0.1) is 11.8 Å². The molecule has 18 heavy (non-hydrogen) atoms. The average molecular weight is 260 g/mol. The topological polar surface area (TPSA) is 36.3 Å². The quantitative estimate of drug-likeness (QED) is 0.816. The molecule has 0 bridgehead atoms. The SMILES string of the molecule is N#CC1CN(CC2CSc3ccccc32)CCO1. The average Bonchev–Trinajstić information content (AvgIpc) is 2.83. The zero-order valence-corrected chi connectivity index (χ0v) is 11.0. The highest BCUT2D eigenvalue weighted by Gasteiger charge is 2.27. The predicted molar refractivity (Wildman–Crippen MR) is 71.7 cm³/mol. The molecule has 2 heterocycles. The van der Waals surface area contributed by atoms with Crippen molar-refractivity contribution in [2.24, 2.45) is 0 Å². The molecule has 2 atom stereocenters. The highest BCUT2D eigenvalue weighted by atomic mass is 32.2. The molecule has 0 spiro atoms. The van der Waals surface area contributed by atoms with E-state index in [1.54, 1.807) is 0 Å². The summed E-state index contributed by atoms with van der Waals surface area (Å²) in [5.74, 6) is 1.76. The van der Waals surface area contributed by atoms with E-state index >= 15 is 0 Å². The smallest absolute Gasteiger partial charge is 0.156 e. The molecule has 3 rings (SSSR count). The Bertz CT molecular complexity index is 471. The lowest BCUT2D eigenvalue weighted by atomic mass is 10.0. The molecule has 3 nitrogen and oxygen atoms in total. The minimum absolute atomic E-state index is 0.247. The lowest BCUT2D eigenvalue weighted by molar-refractivity contribution is -0.000916. The summed E-state index contributed by atoms with van der Waals surface area (Å²) in [6.45, 7) is 3.42. The van der Waals surface area contributed by atoms with Crippen molar-refractivity contribution in [3.05, 3.63) is 29.8 Å². The van der Waals surface area contributed by atoms with E-state index in [2.05, 4.69) is 35.2 Å². The van der Waals surface area contributed by atoms with Crippen molar-refractivity contribution >= 4 is 11.8 Å². The molecular weight excluding hydrogens is 244 g/mol. The molecule has 1 fully saturated rings. The van der Waals surface area contributed by atoms with Crippen molar-refractivity contribution in [3.63, 3.8) is 0 Å². The summed E-state index contributed by atoms with van der Waals surface area (Å²) in [5.41, 5.74) is 1.47. The lowest BCUT2D eigenvalue weighted by Crippen LogP contribution is -2.43. The van der Waals surface area contributed by atoms with Crippen molar-refractivity contribution in [2.75, 3.05) is 32.0 Å². The maximum atomic E-state index is 8.92. The van der Waals surface area contributed by atoms with Gasteiger partial charge in [0.1, 0.15) is 0 Å². The highest BCUT2D eigenvalue weighted by Crippen LogP contribution is 2.39. The van der Waals surface area contributed by atoms with Crippen LogP contribution >= 0.6 is 11.8 Å². The number of morpholine rings is 1. The first kappa shape index (κ1) is 12.0. The van der Waals surface area contributed by atoms with Gasteiger partial charge in [-0.1, -0.05) is 18.2 Å². The third-order valence-electron chi connectivity index (χ3n) is 3.57. The Hall–Kier alpha value is -1.02. The third kappa shape index (κ3) is 2.39. The van der Waals surface area contributed by atoms with Crippen LogP contribution < -0.4 is 0 Å². The van der Waals surface area contributed by atoms with Crippen molar-refractivity contribution in [1.29, 1.82) is 5.26 Å². The molecule has 1 aromatic rings. The predicted octanol–water partition coefficient (Wildman–Crippen LogP) is 2.10. The van der Waals surface area contributed by atoms with Crippen molar-refractivity contribution < 1.29 is 4.74 Å². The molecule has 0 aliphatic carbocycles. The molecule has 1 saturated heterocycles. The van der Waals surface area contributed by atoms with Crippen LogP contribution in [-0.2, 0) is 4.74 Å². The summed E-state index contributed by atoms with van der Waals surface area (Å²) in [7, 11) is 0. The molecular formula is C14H16N2OS. The lowest BCUT2D eigenvalue weighted by Gasteiger charge is -2.31. The first-order valence-electron chi connectivity index (χ1n) is 6.32. The van der Waals surface area contributed by atoms with E-state index in [0.29, 0.717) is 12.5 Å². The molecule has 94 valence electrons. The van der Waals surface area contributed by atoms with Gasteiger partial charge in [0.2, 0.25) is 0 Å². The van der Waals surface area contributed by atoms with Crippen LogP contribution in [0.4, 0.5) is 0 Å². The summed E-state index contributed by atoms with van der Waals surface area (Å²) in [4.78, 5) is 3.79. The Balaban J connectivity index is 1.66. The van der Waals surface area contributed by atoms with Gasteiger partial charge in [0.05, 0.1) is 12.7 Å². The van der Waals surface area contributed by atoms with Gasteiger partial charge in [-0.3, -0.25) is 4.90 Å². The van der Waals surface area contributed by atoms with Gasteiger partial charge in [-0.05, 0) is 11.6 Å². The van der Waals surface area contributed by atoms with E-state index in [-0.39, 0.29) is 6.10 Å². The number of benzene rings is 1. The molecule has 2 aliphatic rings. The maximum absolute atomic E-state index is 8.92. The van der Waals surface area contributed by atoms with Gasteiger partial charge in [-0.2, -0.15) is 5.26 Å². The second kappa shape index (κ2) is 5.31. The number of ether oxygens (including phenoxy) is 1. The normalized spacial score (nSPS) is 27.7. The first-order valence-corrected chi connectivity index (χ1v) is 7.30.